The molecule has 2 rings (SSSR count). The van der Waals surface area contributed by atoms with Crippen LogP contribution in [0.2, 0.25) is 0 Å². The molecule has 0 heterocycles. The zero-order chi connectivity index (χ0) is 16.8. The van der Waals surface area contributed by atoms with Gasteiger partial charge in [-0.05, 0) is 43.9 Å². The van der Waals surface area contributed by atoms with Crippen molar-refractivity contribution >= 4 is 11.9 Å². The summed E-state index contributed by atoms with van der Waals surface area (Å²) in [5, 5.41) is 11.6. The molecule has 0 spiro atoms. The Labute approximate surface area is 169 Å². The van der Waals surface area contributed by atoms with Crippen LogP contribution in [0.3, 0.4) is 0 Å². The standard InChI is InChI=1S/C19H33NO3.Na/c1-3-5-7-11-20(12-8-6-4-2)18(21)16-14-9-10-15(13-14)17(16)19(22)23;/h14-17H,3-13H2,1-2H3,(H,22,23);/q;+1/p-1. The van der Waals surface area contributed by atoms with E-state index in [1.807, 2.05) is 4.90 Å². The Kier molecular flexibility index (Phi) is 9.91. The smallest absolute Gasteiger partial charge is 0.550 e. The zero-order valence-corrected chi connectivity index (χ0v) is 17.8. The van der Waals surface area contributed by atoms with Crippen LogP contribution >= 0.6 is 0 Å². The average molecular weight is 345 g/mol. The van der Waals surface area contributed by atoms with Crippen LogP contribution in [0.1, 0.15) is 71.6 Å². The summed E-state index contributed by atoms with van der Waals surface area (Å²) < 4.78 is 0. The van der Waals surface area contributed by atoms with Gasteiger partial charge in [-0.2, -0.15) is 0 Å². The molecule has 2 aliphatic rings. The number of unbranched alkanes of at least 4 members (excludes halogenated alkanes) is 4. The first-order valence-electron chi connectivity index (χ1n) is 9.59. The van der Waals surface area contributed by atoms with E-state index in [1.165, 1.54) is 0 Å². The van der Waals surface area contributed by atoms with Crippen LogP contribution in [0.5, 0.6) is 0 Å². The van der Waals surface area contributed by atoms with Crippen molar-refractivity contribution in [2.45, 2.75) is 71.6 Å². The van der Waals surface area contributed by atoms with E-state index in [0.29, 0.717) is 0 Å². The summed E-state index contributed by atoms with van der Waals surface area (Å²) in [4.78, 5) is 26.6. The topological polar surface area (TPSA) is 60.4 Å². The molecule has 0 aromatic heterocycles. The molecule has 0 N–H and O–H groups in total. The molecule has 4 unspecified atom stereocenters. The Bertz CT molecular complexity index is 405. The Balaban J connectivity index is 0.00000288. The van der Waals surface area contributed by atoms with Crippen molar-refractivity contribution in [3.8, 4) is 0 Å². The molecule has 4 atom stereocenters. The van der Waals surface area contributed by atoms with Gasteiger partial charge in [-0.3, -0.25) is 4.79 Å². The molecule has 2 bridgehead atoms. The maximum Gasteiger partial charge on any atom is 1.00 e. The molecule has 0 aromatic rings. The van der Waals surface area contributed by atoms with Crippen LogP contribution in [0.25, 0.3) is 0 Å². The number of carbonyl (C=O) groups excluding carboxylic acids is 2. The Morgan fingerprint density at radius 3 is 1.88 bits per heavy atom. The predicted molar refractivity (Wildman–Crippen MR) is 88.4 cm³/mol. The molecule has 1 amide bonds. The van der Waals surface area contributed by atoms with E-state index in [-0.39, 0.29) is 53.2 Å². The minimum Gasteiger partial charge on any atom is -0.550 e. The number of rotatable bonds is 10. The van der Waals surface area contributed by atoms with Crippen LogP contribution in [0, 0.1) is 23.7 Å². The summed E-state index contributed by atoms with van der Waals surface area (Å²) >= 11 is 0. The van der Waals surface area contributed by atoms with Gasteiger partial charge in [-0.15, -0.1) is 0 Å². The summed E-state index contributed by atoms with van der Waals surface area (Å²) in [6.45, 7) is 5.88. The largest absolute Gasteiger partial charge is 1.00 e. The number of hydrogen-bond acceptors (Lipinski definition) is 3. The maximum absolute atomic E-state index is 13.1. The second-order valence-corrected chi connectivity index (χ2v) is 7.44. The molecule has 132 valence electrons. The number of aliphatic carboxylic acids is 1. The number of hydrogen-bond donors (Lipinski definition) is 0. The summed E-state index contributed by atoms with van der Waals surface area (Å²) in [5.41, 5.74) is 0. The van der Waals surface area contributed by atoms with E-state index in [2.05, 4.69) is 13.8 Å². The molecule has 2 aliphatic carbocycles. The van der Waals surface area contributed by atoms with Gasteiger partial charge in [0.2, 0.25) is 5.91 Å². The normalized spacial score (nSPS) is 27.8. The third-order valence-corrected chi connectivity index (χ3v) is 5.85. The second-order valence-electron chi connectivity index (χ2n) is 7.44. The van der Waals surface area contributed by atoms with E-state index in [0.717, 1.165) is 70.9 Å². The summed E-state index contributed by atoms with van der Waals surface area (Å²) in [6, 6.07) is 0. The third kappa shape index (κ3) is 5.22. The average Bonchev–Trinajstić information content (AvgIpc) is 3.14. The number of fused-ring (bicyclic) bond motifs is 2. The van der Waals surface area contributed by atoms with Crippen molar-refractivity contribution in [3.05, 3.63) is 0 Å². The van der Waals surface area contributed by atoms with Gasteiger partial charge in [0.1, 0.15) is 0 Å². The first-order chi connectivity index (χ1) is 11.1. The van der Waals surface area contributed by atoms with Gasteiger partial charge >= 0.3 is 29.6 Å². The first-order valence-corrected chi connectivity index (χ1v) is 9.59. The van der Waals surface area contributed by atoms with Gasteiger partial charge in [0.25, 0.3) is 0 Å². The number of carboxylic acids is 1. The van der Waals surface area contributed by atoms with Gasteiger partial charge in [-0.25, -0.2) is 0 Å². The SMILES string of the molecule is CCCCCN(CCCCC)C(=O)C1C2CCC(C2)C1C(=O)[O-].[Na+]. The number of amides is 1. The molecular formula is C19H32NNaO3. The molecule has 0 radical (unpaired) electrons. The van der Waals surface area contributed by atoms with Gasteiger partial charge < -0.3 is 14.8 Å². The Morgan fingerprint density at radius 2 is 1.42 bits per heavy atom. The fourth-order valence-corrected chi connectivity index (χ4v) is 4.63. The third-order valence-electron chi connectivity index (χ3n) is 5.85. The van der Waals surface area contributed by atoms with Gasteiger partial charge in [0, 0.05) is 30.9 Å². The van der Waals surface area contributed by atoms with Gasteiger partial charge in [-0.1, -0.05) is 39.5 Å². The molecule has 2 saturated carbocycles. The van der Waals surface area contributed by atoms with E-state index in [9.17, 15) is 14.7 Å². The van der Waals surface area contributed by atoms with Crippen LogP contribution in [0.15, 0.2) is 0 Å². The zero-order valence-electron chi connectivity index (χ0n) is 15.8. The Hall–Kier alpha value is -0.0600. The van der Waals surface area contributed by atoms with Crippen molar-refractivity contribution in [1.29, 1.82) is 0 Å². The van der Waals surface area contributed by atoms with Crippen molar-refractivity contribution in [2.24, 2.45) is 23.7 Å². The molecular weight excluding hydrogens is 313 g/mol. The summed E-state index contributed by atoms with van der Waals surface area (Å²) in [6.07, 6.45) is 9.43. The van der Waals surface area contributed by atoms with E-state index in [1.54, 1.807) is 0 Å². The first kappa shape index (κ1) is 22.0. The molecule has 24 heavy (non-hydrogen) atoms. The quantitative estimate of drug-likeness (QED) is 0.400. The van der Waals surface area contributed by atoms with Crippen molar-refractivity contribution in [1.82, 2.24) is 4.90 Å². The number of carbonyl (C=O) groups is 2. The van der Waals surface area contributed by atoms with Crippen molar-refractivity contribution in [3.63, 3.8) is 0 Å². The van der Waals surface area contributed by atoms with Gasteiger partial charge in [0.15, 0.2) is 0 Å². The van der Waals surface area contributed by atoms with E-state index >= 15 is 0 Å². The molecule has 5 heteroatoms. The Morgan fingerprint density at radius 1 is 0.917 bits per heavy atom. The van der Waals surface area contributed by atoms with Crippen LogP contribution in [0.4, 0.5) is 0 Å². The van der Waals surface area contributed by atoms with E-state index < -0.39 is 11.9 Å². The predicted octanol–water partition coefficient (Wildman–Crippen LogP) is -0.388. The van der Waals surface area contributed by atoms with Crippen LogP contribution < -0.4 is 34.7 Å². The molecule has 2 fully saturated rings. The number of nitrogens with zero attached hydrogens (tertiary/aromatic N) is 1. The van der Waals surface area contributed by atoms with Crippen LogP contribution in [-0.4, -0.2) is 29.9 Å². The maximum atomic E-state index is 13.1. The second kappa shape index (κ2) is 10.8. The summed E-state index contributed by atoms with van der Waals surface area (Å²) in [5.74, 6) is -1.32. The van der Waals surface area contributed by atoms with Crippen molar-refractivity contribution < 1.29 is 44.3 Å². The molecule has 4 nitrogen and oxygen atoms in total. The number of carboxylic acid groups (broad SMARTS) is 1. The monoisotopic (exact) mass is 345 g/mol. The minimum absolute atomic E-state index is 0. The van der Waals surface area contributed by atoms with E-state index in [4.69, 9.17) is 0 Å². The fourth-order valence-electron chi connectivity index (χ4n) is 4.63. The fraction of sp³-hybridized carbons (Fsp3) is 0.895. The molecule has 0 saturated heterocycles. The van der Waals surface area contributed by atoms with Crippen molar-refractivity contribution in [2.75, 3.05) is 13.1 Å². The minimum atomic E-state index is -1.00. The summed E-state index contributed by atoms with van der Waals surface area (Å²) in [7, 11) is 0. The molecule has 0 aliphatic heterocycles. The van der Waals surface area contributed by atoms with Crippen LogP contribution in [-0.2, 0) is 9.59 Å². The van der Waals surface area contributed by atoms with Gasteiger partial charge in [0.05, 0.1) is 0 Å². The molecule has 0 aromatic carbocycles.